The van der Waals surface area contributed by atoms with Gasteiger partial charge >= 0.3 is 0 Å². The van der Waals surface area contributed by atoms with Crippen LogP contribution in [0.15, 0.2) is 34.4 Å². The van der Waals surface area contributed by atoms with E-state index in [4.69, 9.17) is 4.98 Å². The molecule has 3 aromatic rings. The Morgan fingerprint density at radius 2 is 2.00 bits per heavy atom. The van der Waals surface area contributed by atoms with Gasteiger partial charge in [0.2, 0.25) is 0 Å². The van der Waals surface area contributed by atoms with Crippen LogP contribution < -0.4 is 5.56 Å². The van der Waals surface area contributed by atoms with E-state index in [0.29, 0.717) is 0 Å². The molecular formula is C20H23N3OS. The minimum atomic E-state index is -0.0233. The highest BCUT2D eigenvalue weighted by Gasteiger charge is 2.18. The molecule has 1 aliphatic rings. The topological polar surface area (TPSA) is 49.0 Å². The smallest absolute Gasteiger partial charge is 0.260 e. The van der Waals surface area contributed by atoms with E-state index in [2.05, 4.69) is 41.2 Å². The summed E-state index contributed by atoms with van der Waals surface area (Å²) in [5.74, 6) is 1.59. The van der Waals surface area contributed by atoms with Gasteiger partial charge in [-0.1, -0.05) is 31.2 Å². The van der Waals surface area contributed by atoms with Gasteiger partial charge < -0.3 is 4.98 Å². The first-order valence-corrected chi connectivity index (χ1v) is 9.78. The SMILES string of the molecule is Cc1ccccc1-c1csc2nc(CN3CCC(C)CC3)[nH]c(=O)c12. The molecule has 0 amide bonds. The number of aryl methyl sites for hydroxylation is 1. The molecule has 4 rings (SSSR count). The van der Waals surface area contributed by atoms with Crippen molar-refractivity contribution in [1.29, 1.82) is 0 Å². The predicted molar refractivity (Wildman–Crippen MR) is 104 cm³/mol. The van der Waals surface area contributed by atoms with E-state index in [1.54, 1.807) is 11.3 Å². The van der Waals surface area contributed by atoms with E-state index >= 15 is 0 Å². The highest BCUT2D eigenvalue weighted by molar-refractivity contribution is 7.17. The minimum Gasteiger partial charge on any atom is -0.309 e. The molecule has 25 heavy (non-hydrogen) atoms. The van der Waals surface area contributed by atoms with Gasteiger partial charge in [-0.2, -0.15) is 0 Å². The zero-order chi connectivity index (χ0) is 17.4. The first kappa shape index (κ1) is 16.5. The number of nitrogens with zero attached hydrogens (tertiary/aromatic N) is 2. The van der Waals surface area contributed by atoms with Gasteiger partial charge in [0.25, 0.3) is 5.56 Å². The van der Waals surface area contributed by atoms with Crippen molar-refractivity contribution < 1.29 is 0 Å². The van der Waals surface area contributed by atoms with Crippen molar-refractivity contribution >= 4 is 21.6 Å². The number of rotatable bonds is 3. The molecule has 130 valence electrons. The van der Waals surface area contributed by atoms with Gasteiger partial charge in [0.1, 0.15) is 10.7 Å². The van der Waals surface area contributed by atoms with Gasteiger partial charge in [-0.05, 0) is 49.9 Å². The predicted octanol–water partition coefficient (Wildman–Crippen LogP) is 4.19. The highest BCUT2D eigenvalue weighted by atomic mass is 32.1. The number of likely N-dealkylation sites (tertiary alicyclic amines) is 1. The number of fused-ring (bicyclic) bond motifs is 1. The molecule has 0 unspecified atom stereocenters. The number of thiophene rings is 1. The largest absolute Gasteiger partial charge is 0.309 e. The normalized spacial score (nSPS) is 16.6. The van der Waals surface area contributed by atoms with E-state index in [1.807, 2.05) is 12.1 Å². The lowest BCUT2D eigenvalue weighted by Crippen LogP contribution is -2.33. The Hall–Kier alpha value is -1.98. The minimum absolute atomic E-state index is 0.0233. The van der Waals surface area contributed by atoms with E-state index in [-0.39, 0.29) is 5.56 Å². The van der Waals surface area contributed by atoms with Gasteiger partial charge in [0.05, 0.1) is 11.9 Å². The molecule has 5 heteroatoms. The number of hydrogen-bond donors (Lipinski definition) is 1. The summed E-state index contributed by atoms with van der Waals surface area (Å²) in [5.41, 5.74) is 3.25. The van der Waals surface area contributed by atoms with Crippen molar-refractivity contribution in [2.45, 2.75) is 33.2 Å². The highest BCUT2D eigenvalue weighted by Crippen LogP contribution is 2.32. The van der Waals surface area contributed by atoms with Gasteiger partial charge in [0, 0.05) is 10.9 Å². The molecular weight excluding hydrogens is 330 g/mol. The Bertz CT molecular complexity index is 951. The summed E-state index contributed by atoms with van der Waals surface area (Å²) in [6, 6.07) is 8.18. The maximum absolute atomic E-state index is 12.8. The molecule has 2 aromatic heterocycles. The maximum Gasteiger partial charge on any atom is 0.260 e. The number of hydrogen-bond acceptors (Lipinski definition) is 4. The summed E-state index contributed by atoms with van der Waals surface area (Å²) in [7, 11) is 0. The van der Waals surface area contributed by atoms with Crippen LogP contribution in [0, 0.1) is 12.8 Å². The second-order valence-corrected chi connectivity index (χ2v) is 7.97. The monoisotopic (exact) mass is 353 g/mol. The number of aromatic nitrogens is 2. The lowest BCUT2D eigenvalue weighted by Gasteiger charge is -2.29. The molecule has 1 fully saturated rings. The first-order chi connectivity index (χ1) is 12.1. The van der Waals surface area contributed by atoms with Crippen LogP contribution in [0.25, 0.3) is 21.3 Å². The summed E-state index contributed by atoms with van der Waals surface area (Å²) in [6.07, 6.45) is 2.45. The van der Waals surface area contributed by atoms with E-state index in [0.717, 1.165) is 52.7 Å². The average Bonchev–Trinajstić information content (AvgIpc) is 3.02. The van der Waals surface area contributed by atoms with Crippen molar-refractivity contribution in [1.82, 2.24) is 14.9 Å². The zero-order valence-corrected chi connectivity index (χ0v) is 15.5. The first-order valence-electron chi connectivity index (χ1n) is 8.90. The van der Waals surface area contributed by atoms with Crippen molar-refractivity contribution in [2.75, 3.05) is 13.1 Å². The van der Waals surface area contributed by atoms with Gasteiger partial charge in [0.15, 0.2) is 0 Å². The Morgan fingerprint density at radius 3 is 2.76 bits per heavy atom. The summed E-state index contributed by atoms with van der Waals surface area (Å²) in [6.45, 7) is 7.29. The molecule has 1 aliphatic heterocycles. The molecule has 1 saturated heterocycles. The summed E-state index contributed by atoms with van der Waals surface area (Å²) in [5, 5.41) is 2.78. The Balaban J connectivity index is 1.68. The third-order valence-electron chi connectivity index (χ3n) is 5.18. The Labute approximate surface area is 151 Å². The average molecular weight is 353 g/mol. The maximum atomic E-state index is 12.8. The third kappa shape index (κ3) is 3.26. The summed E-state index contributed by atoms with van der Waals surface area (Å²) < 4.78 is 0. The fourth-order valence-corrected chi connectivity index (χ4v) is 4.53. The zero-order valence-electron chi connectivity index (χ0n) is 14.7. The molecule has 0 atom stereocenters. The Kier molecular flexibility index (Phi) is 4.44. The summed E-state index contributed by atoms with van der Waals surface area (Å²) >= 11 is 1.56. The van der Waals surface area contributed by atoms with Crippen molar-refractivity contribution in [3.63, 3.8) is 0 Å². The molecule has 1 N–H and O–H groups in total. The van der Waals surface area contributed by atoms with E-state index in [1.165, 1.54) is 18.4 Å². The Morgan fingerprint density at radius 1 is 1.24 bits per heavy atom. The molecule has 0 radical (unpaired) electrons. The standard InChI is InChI=1S/C20H23N3OS/c1-13-7-9-23(10-8-13)11-17-21-19(24)18-16(12-25-20(18)22-17)15-6-4-3-5-14(15)2/h3-6,12-13H,7-11H2,1-2H3,(H,21,22,24). The fraction of sp³-hybridized carbons (Fsp3) is 0.400. The van der Waals surface area contributed by atoms with Crippen molar-refractivity contribution in [3.8, 4) is 11.1 Å². The van der Waals surface area contributed by atoms with E-state index < -0.39 is 0 Å². The van der Waals surface area contributed by atoms with Crippen LogP contribution in [0.5, 0.6) is 0 Å². The molecule has 0 spiro atoms. The fourth-order valence-electron chi connectivity index (χ4n) is 3.57. The van der Waals surface area contributed by atoms with Crippen molar-refractivity contribution in [3.05, 3.63) is 51.4 Å². The quantitative estimate of drug-likeness (QED) is 0.768. The van der Waals surface area contributed by atoms with Crippen LogP contribution in [-0.4, -0.2) is 28.0 Å². The van der Waals surface area contributed by atoms with E-state index in [9.17, 15) is 4.79 Å². The molecule has 4 nitrogen and oxygen atoms in total. The van der Waals surface area contributed by atoms with Gasteiger partial charge in [-0.25, -0.2) is 4.98 Å². The van der Waals surface area contributed by atoms with Gasteiger partial charge in [-0.15, -0.1) is 11.3 Å². The van der Waals surface area contributed by atoms with Gasteiger partial charge in [-0.3, -0.25) is 9.69 Å². The van der Waals surface area contributed by atoms with Crippen molar-refractivity contribution in [2.24, 2.45) is 5.92 Å². The van der Waals surface area contributed by atoms with Crippen LogP contribution in [0.2, 0.25) is 0 Å². The van der Waals surface area contributed by atoms with Crippen LogP contribution in [-0.2, 0) is 6.54 Å². The van der Waals surface area contributed by atoms with Crippen LogP contribution in [0.1, 0.15) is 31.2 Å². The molecule has 3 heterocycles. The van der Waals surface area contributed by atoms with Crippen LogP contribution in [0.4, 0.5) is 0 Å². The number of aromatic amines is 1. The molecule has 1 aromatic carbocycles. The number of benzene rings is 1. The summed E-state index contributed by atoms with van der Waals surface area (Å²) in [4.78, 5) is 23.7. The molecule has 0 bridgehead atoms. The second kappa shape index (κ2) is 6.73. The molecule has 0 aliphatic carbocycles. The lowest BCUT2D eigenvalue weighted by atomic mass is 9.99. The number of H-pyrrole nitrogens is 1. The second-order valence-electron chi connectivity index (χ2n) is 7.12. The lowest BCUT2D eigenvalue weighted by molar-refractivity contribution is 0.181. The molecule has 0 saturated carbocycles. The van der Waals surface area contributed by atoms with Crippen LogP contribution in [0.3, 0.4) is 0 Å². The number of nitrogens with one attached hydrogen (secondary N) is 1. The van der Waals surface area contributed by atoms with Crippen LogP contribution >= 0.6 is 11.3 Å². The number of piperidine rings is 1. The third-order valence-corrected chi connectivity index (χ3v) is 6.05.